The number of Topliss-reactive ketones (excluding diaryl/α,β-unsaturated/α-hetero) is 1. The van der Waals surface area contributed by atoms with Gasteiger partial charge in [-0.2, -0.15) is 0 Å². The zero-order chi connectivity index (χ0) is 28.6. The van der Waals surface area contributed by atoms with Gasteiger partial charge in [0.25, 0.3) is 11.7 Å². The number of ether oxygens (including phenoxy) is 1. The lowest BCUT2D eigenvalue weighted by Crippen LogP contribution is -2.29. The van der Waals surface area contributed by atoms with Gasteiger partial charge < -0.3 is 14.7 Å². The minimum Gasteiger partial charge on any atom is -0.507 e. The molecule has 0 radical (unpaired) electrons. The first kappa shape index (κ1) is 28.0. The Morgan fingerprint density at radius 1 is 0.949 bits per heavy atom. The summed E-state index contributed by atoms with van der Waals surface area (Å²) in [5, 5.41) is 11.6. The Balaban J connectivity index is 1.92. The van der Waals surface area contributed by atoms with Crippen molar-refractivity contribution < 1.29 is 19.4 Å². The van der Waals surface area contributed by atoms with Crippen LogP contribution >= 0.6 is 0 Å². The van der Waals surface area contributed by atoms with E-state index in [0.29, 0.717) is 17.0 Å². The molecule has 0 aromatic heterocycles. The first-order valence-corrected chi connectivity index (χ1v) is 13.2. The van der Waals surface area contributed by atoms with Crippen LogP contribution in [-0.2, 0) is 15.0 Å². The molecule has 0 spiro atoms. The third-order valence-corrected chi connectivity index (χ3v) is 7.31. The normalized spacial score (nSPS) is 17.2. The number of rotatable bonds is 6. The molecule has 1 unspecified atom stereocenters. The van der Waals surface area contributed by atoms with Gasteiger partial charge in [-0.1, -0.05) is 58.9 Å². The van der Waals surface area contributed by atoms with Gasteiger partial charge in [0.15, 0.2) is 0 Å². The van der Waals surface area contributed by atoms with Gasteiger partial charge in [-0.15, -0.1) is 0 Å². The molecule has 0 bridgehead atoms. The van der Waals surface area contributed by atoms with Crippen LogP contribution in [0, 0.1) is 0 Å². The summed E-state index contributed by atoms with van der Waals surface area (Å²) in [6.07, 6.45) is 0. The third kappa shape index (κ3) is 5.29. The molecule has 0 aliphatic carbocycles. The minimum absolute atomic E-state index is 0.0589. The molecule has 1 fully saturated rings. The topological polar surface area (TPSA) is 70.1 Å². The van der Waals surface area contributed by atoms with Gasteiger partial charge >= 0.3 is 0 Å². The molecule has 4 rings (SSSR count). The van der Waals surface area contributed by atoms with E-state index < -0.39 is 17.7 Å². The number of nitrogens with zero attached hydrogens (tertiary/aromatic N) is 2. The zero-order valence-electron chi connectivity index (χ0n) is 24.1. The molecular formula is C33H38N2O4. The molecule has 1 aliphatic rings. The summed E-state index contributed by atoms with van der Waals surface area (Å²) in [5.74, 6) is -0.744. The fourth-order valence-corrected chi connectivity index (χ4v) is 4.98. The Hall–Kier alpha value is -4.06. The van der Waals surface area contributed by atoms with Crippen LogP contribution in [0.1, 0.15) is 68.8 Å². The number of anilines is 2. The highest BCUT2D eigenvalue weighted by atomic mass is 16.5. The smallest absolute Gasteiger partial charge is 0.300 e. The van der Waals surface area contributed by atoms with Crippen molar-refractivity contribution in [1.29, 1.82) is 0 Å². The minimum atomic E-state index is -0.786. The van der Waals surface area contributed by atoms with Crippen molar-refractivity contribution in [2.75, 3.05) is 31.0 Å². The molecule has 0 saturated carbocycles. The maximum Gasteiger partial charge on any atom is 0.300 e. The van der Waals surface area contributed by atoms with Gasteiger partial charge in [-0.05, 0) is 70.5 Å². The maximum absolute atomic E-state index is 13.6. The van der Waals surface area contributed by atoms with E-state index in [1.807, 2.05) is 87.4 Å². The fourth-order valence-electron chi connectivity index (χ4n) is 4.98. The van der Waals surface area contributed by atoms with Crippen molar-refractivity contribution in [3.8, 4) is 5.75 Å². The van der Waals surface area contributed by atoms with Gasteiger partial charge in [0.1, 0.15) is 11.5 Å². The zero-order valence-corrected chi connectivity index (χ0v) is 24.1. The number of aliphatic hydroxyl groups excluding tert-OH is 1. The molecule has 3 aromatic rings. The average molecular weight is 527 g/mol. The molecule has 6 heteroatoms. The average Bonchev–Trinajstić information content (AvgIpc) is 3.17. The number of benzene rings is 3. The van der Waals surface area contributed by atoms with Crippen molar-refractivity contribution in [2.24, 2.45) is 0 Å². The first-order valence-electron chi connectivity index (χ1n) is 13.2. The second kappa shape index (κ2) is 10.6. The van der Waals surface area contributed by atoms with E-state index in [-0.39, 0.29) is 22.7 Å². The monoisotopic (exact) mass is 526 g/mol. The Morgan fingerprint density at radius 3 is 2.08 bits per heavy atom. The lowest BCUT2D eigenvalue weighted by molar-refractivity contribution is -0.132. The van der Waals surface area contributed by atoms with Crippen LogP contribution in [-0.4, -0.2) is 38.0 Å². The van der Waals surface area contributed by atoms with Gasteiger partial charge in [0.2, 0.25) is 0 Å². The van der Waals surface area contributed by atoms with Crippen LogP contribution in [0.15, 0.2) is 72.3 Å². The number of hydrogen-bond acceptors (Lipinski definition) is 5. The molecule has 1 N–H and O–H groups in total. The van der Waals surface area contributed by atoms with Crippen molar-refractivity contribution in [1.82, 2.24) is 0 Å². The highest BCUT2D eigenvalue weighted by Crippen LogP contribution is 2.43. The van der Waals surface area contributed by atoms with Crippen LogP contribution in [0.2, 0.25) is 0 Å². The molecule has 1 amide bonds. The van der Waals surface area contributed by atoms with Crippen LogP contribution in [0.3, 0.4) is 0 Å². The van der Waals surface area contributed by atoms with Crippen molar-refractivity contribution in [2.45, 2.75) is 52.0 Å². The van der Waals surface area contributed by atoms with E-state index in [9.17, 15) is 14.7 Å². The van der Waals surface area contributed by atoms with Crippen molar-refractivity contribution in [3.63, 3.8) is 0 Å². The number of carbonyl (C=O) groups excluding carboxylic acids is 2. The standard InChI is InChI=1S/C33H38N2O4/c1-20(2)26-19-22(11-18-27(26)39-8)30(36)28-29(21-9-14-24(15-10-21)34(6)7)35(32(38)31(28)37)25-16-12-23(13-17-25)33(3,4)5/h9-20,29,36H,1-8H3/b30-28-. The largest absolute Gasteiger partial charge is 0.507 e. The second-order valence-corrected chi connectivity index (χ2v) is 11.6. The predicted octanol–water partition coefficient (Wildman–Crippen LogP) is 6.81. The molecule has 204 valence electrons. The Morgan fingerprint density at radius 2 is 1.56 bits per heavy atom. The van der Waals surface area contributed by atoms with Gasteiger partial charge in [-0.25, -0.2) is 0 Å². The molecule has 1 saturated heterocycles. The Labute approximate surface area is 231 Å². The van der Waals surface area contributed by atoms with Crippen molar-refractivity contribution in [3.05, 3.63) is 94.6 Å². The second-order valence-electron chi connectivity index (χ2n) is 11.6. The fraction of sp³-hybridized carbons (Fsp3) is 0.333. The molecule has 6 nitrogen and oxygen atoms in total. The summed E-state index contributed by atoms with van der Waals surface area (Å²) < 4.78 is 5.50. The van der Waals surface area contributed by atoms with Crippen molar-refractivity contribution >= 4 is 28.8 Å². The van der Waals surface area contributed by atoms with E-state index in [2.05, 4.69) is 20.8 Å². The Bertz CT molecular complexity index is 1410. The van der Waals surface area contributed by atoms with Crippen LogP contribution in [0.4, 0.5) is 11.4 Å². The van der Waals surface area contributed by atoms with E-state index in [4.69, 9.17) is 4.74 Å². The number of amides is 1. The lowest BCUT2D eigenvalue weighted by Gasteiger charge is -2.27. The predicted molar refractivity (Wildman–Crippen MR) is 158 cm³/mol. The number of carbonyl (C=O) groups is 2. The molecule has 3 aromatic carbocycles. The van der Waals surface area contributed by atoms with Gasteiger partial charge in [0.05, 0.1) is 18.7 Å². The summed E-state index contributed by atoms with van der Waals surface area (Å²) in [6.45, 7) is 10.4. The number of ketones is 1. The van der Waals surface area contributed by atoms with E-state index in [1.165, 1.54) is 4.90 Å². The van der Waals surface area contributed by atoms with Gasteiger partial charge in [-0.3, -0.25) is 14.5 Å². The summed E-state index contributed by atoms with van der Waals surface area (Å²) in [4.78, 5) is 30.6. The number of methoxy groups -OCH3 is 1. The van der Waals surface area contributed by atoms with Crippen LogP contribution < -0.4 is 14.5 Å². The molecule has 1 atom stereocenters. The summed E-state index contributed by atoms with van der Waals surface area (Å²) in [7, 11) is 5.51. The highest BCUT2D eigenvalue weighted by Gasteiger charge is 2.47. The molecule has 39 heavy (non-hydrogen) atoms. The molecule has 1 heterocycles. The summed E-state index contributed by atoms with van der Waals surface area (Å²) >= 11 is 0. The van der Waals surface area contributed by atoms with Crippen LogP contribution in [0.5, 0.6) is 5.75 Å². The number of aliphatic hydroxyl groups is 1. The summed E-state index contributed by atoms with van der Waals surface area (Å²) in [6, 6.07) is 20.0. The first-order chi connectivity index (χ1) is 18.3. The lowest BCUT2D eigenvalue weighted by atomic mass is 9.87. The SMILES string of the molecule is COc1ccc(/C(O)=C2/C(=O)C(=O)N(c3ccc(C(C)(C)C)cc3)C2c2ccc(N(C)C)cc2)cc1C(C)C. The third-order valence-electron chi connectivity index (χ3n) is 7.31. The number of hydrogen-bond donors (Lipinski definition) is 1. The van der Waals surface area contributed by atoms with Crippen LogP contribution in [0.25, 0.3) is 5.76 Å². The summed E-state index contributed by atoms with van der Waals surface area (Å²) in [5.41, 5.74) is 4.82. The Kier molecular flexibility index (Phi) is 7.60. The van der Waals surface area contributed by atoms with Gasteiger partial charge in [0, 0.05) is 31.0 Å². The quantitative estimate of drug-likeness (QED) is 0.217. The van der Waals surface area contributed by atoms with E-state index in [0.717, 1.165) is 22.4 Å². The van der Waals surface area contributed by atoms with E-state index in [1.54, 1.807) is 19.2 Å². The van der Waals surface area contributed by atoms with E-state index >= 15 is 0 Å². The molecule has 1 aliphatic heterocycles. The highest BCUT2D eigenvalue weighted by molar-refractivity contribution is 6.51. The molecular weight excluding hydrogens is 488 g/mol. The maximum atomic E-state index is 13.6.